The number of benzene rings is 4. The van der Waals surface area contributed by atoms with Crippen molar-refractivity contribution >= 4 is 83.5 Å². The molecule has 45 heavy (non-hydrogen) atoms. The van der Waals surface area contributed by atoms with Gasteiger partial charge in [-0.25, -0.2) is 0 Å². The van der Waals surface area contributed by atoms with Crippen molar-refractivity contribution in [3.63, 3.8) is 0 Å². The molecule has 236 valence electrons. The second-order valence-electron chi connectivity index (χ2n) is 10.9. The summed E-state index contributed by atoms with van der Waals surface area (Å²) in [5, 5.41) is 4.34. The van der Waals surface area contributed by atoms with Crippen LogP contribution in [0.2, 0.25) is 0 Å². The number of hydrogen-bond donors (Lipinski definition) is 2. The topological polar surface area (TPSA) is 120 Å². The van der Waals surface area contributed by atoms with Gasteiger partial charge in [0.25, 0.3) is 0 Å². The Morgan fingerprint density at radius 2 is 1.60 bits per heavy atom. The molecule has 1 aliphatic heterocycles. The molecule has 0 radical (unpaired) electrons. The average molecular weight is 715 g/mol. The molecule has 0 atom stereocenters. The zero-order valence-corrected chi connectivity index (χ0v) is 28.4. The summed E-state index contributed by atoms with van der Waals surface area (Å²) in [6.45, 7) is 3.00. The zero-order chi connectivity index (χ0) is 31.8. The molecule has 0 fully saturated rings. The summed E-state index contributed by atoms with van der Waals surface area (Å²) in [5.74, 6) is 0.431. The van der Waals surface area contributed by atoms with Gasteiger partial charge in [0.2, 0.25) is 0 Å². The number of hydroxylamine groups is 1. The van der Waals surface area contributed by atoms with E-state index in [-0.39, 0.29) is 32.4 Å². The molecule has 13 heteroatoms. The molecule has 1 aliphatic rings. The molecule has 0 unspecified atom stereocenters. The molecule has 0 spiro atoms. The fourth-order valence-corrected chi connectivity index (χ4v) is 9.67. The van der Waals surface area contributed by atoms with Crippen LogP contribution in [0.5, 0.6) is 0 Å². The molecule has 2 heterocycles. The van der Waals surface area contributed by atoms with Crippen LogP contribution in [0.1, 0.15) is 24.3 Å². The molecule has 0 saturated carbocycles. The number of rotatable bonds is 12. The molecular weight excluding hydrogens is 679 g/mol. The Bertz CT molecular complexity index is 2150. The Kier molecular flexibility index (Phi) is 9.04. The van der Waals surface area contributed by atoms with Gasteiger partial charge in [0.05, 0.1) is 0 Å². The van der Waals surface area contributed by atoms with Crippen molar-refractivity contribution < 1.29 is 30.2 Å². The summed E-state index contributed by atoms with van der Waals surface area (Å²) in [6.07, 6.45) is 2.75. The van der Waals surface area contributed by atoms with Crippen molar-refractivity contribution in [1.29, 1.82) is 0 Å². The molecule has 0 saturated heterocycles. The summed E-state index contributed by atoms with van der Waals surface area (Å²) < 4.78 is 67.0. The van der Waals surface area contributed by atoms with Gasteiger partial charge in [0.15, 0.2) is 0 Å². The van der Waals surface area contributed by atoms with Crippen molar-refractivity contribution in [2.75, 3.05) is 41.4 Å². The fourth-order valence-electron chi connectivity index (χ4n) is 5.93. The zero-order valence-electron chi connectivity index (χ0n) is 25.0. The van der Waals surface area contributed by atoms with E-state index in [4.69, 9.17) is 4.28 Å². The molecule has 10 nitrogen and oxygen atoms in total. The number of aryl methyl sites for hydroxylation is 1. The Labute approximate surface area is 269 Å². The summed E-state index contributed by atoms with van der Waals surface area (Å²) >= 11 is -0.0865. The first-order valence-corrected chi connectivity index (χ1v) is 19.6. The molecule has 0 amide bonds. The second-order valence-corrected chi connectivity index (χ2v) is 16.4. The van der Waals surface area contributed by atoms with Crippen molar-refractivity contribution in [2.24, 2.45) is 0 Å². The molecule has 6 rings (SSSR count). The van der Waals surface area contributed by atoms with Crippen molar-refractivity contribution in [3.8, 4) is 0 Å². The Morgan fingerprint density at radius 1 is 0.911 bits per heavy atom. The van der Waals surface area contributed by atoms with Gasteiger partial charge in [0, 0.05) is 0 Å². The Balaban J connectivity index is 1.47. The van der Waals surface area contributed by atoms with E-state index in [1.54, 1.807) is 6.92 Å². The van der Waals surface area contributed by atoms with Crippen molar-refractivity contribution in [2.45, 2.75) is 26.3 Å². The van der Waals surface area contributed by atoms with Crippen molar-refractivity contribution in [1.82, 2.24) is 5.48 Å². The predicted octanol–water partition coefficient (Wildman–Crippen LogP) is 4.28. The molecule has 2 N–H and O–H groups in total. The minimum atomic E-state index is -4.11. The van der Waals surface area contributed by atoms with E-state index >= 15 is 0 Å². The molecular formula is C32H35N4O6S2Se+. The normalized spacial score (nSPS) is 14.8. The van der Waals surface area contributed by atoms with Gasteiger partial charge in [0.1, 0.15) is 0 Å². The summed E-state index contributed by atoms with van der Waals surface area (Å²) in [7, 11) is -5.84. The van der Waals surface area contributed by atoms with Gasteiger partial charge in [-0.2, -0.15) is 0 Å². The van der Waals surface area contributed by atoms with Gasteiger partial charge >= 0.3 is 270 Å². The first-order chi connectivity index (χ1) is 21.6. The van der Waals surface area contributed by atoms with Crippen LogP contribution in [0.3, 0.4) is 0 Å². The number of anilines is 2. The van der Waals surface area contributed by atoms with E-state index in [9.17, 15) is 21.4 Å². The first-order valence-electron chi connectivity index (χ1n) is 14.7. The monoisotopic (exact) mass is 715 g/mol. The summed E-state index contributed by atoms with van der Waals surface area (Å²) in [5.41, 5.74) is 5.53. The summed E-state index contributed by atoms with van der Waals surface area (Å²) in [6, 6.07) is 24.8. The Morgan fingerprint density at radius 3 is 2.33 bits per heavy atom. The number of aromatic nitrogens is 1. The van der Waals surface area contributed by atoms with Gasteiger partial charge in [-0.1, -0.05) is 0 Å². The number of nitrogens with zero attached hydrogens (tertiary/aromatic N) is 3. The van der Waals surface area contributed by atoms with Crippen LogP contribution in [0.15, 0.2) is 78.6 Å². The van der Waals surface area contributed by atoms with E-state index < -0.39 is 20.2 Å². The van der Waals surface area contributed by atoms with Crippen LogP contribution in [0, 0.1) is 0 Å². The second kappa shape index (κ2) is 12.8. The third-order valence-corrected chi connectivity index (χ3v) is 12.2. The van der Waals surface area contributed by atoms with Crippen LogP contribution >= 0.6 is 0 Å². The molecule has 5 aromatic rings. The van der Waals surface area contributed by atoms with Crippen molar-refractivity contribution in [3.05, 3.63) is 83.2 Å². The average Bonchev–Trinajstić information content (AvgIpc) is 3.50. The van der Waals surface area contributed by atoms with Gasteiger partial charge in [-0.15, -0.1) is 0 Å². The Hall–Kier alpha value is -3.29. The maximum atomic E-state index is 12.5. The predicted molar refractivity (Wildman–Crippen MR) is 180 cm³/mol. The van der Waals surface area contributed by atoms with E-state index in [0.717, 1.165) is 48.8 Å². The van der Waals surface area contributed by atoms with Crippen LogP contribution in [-0.4, -0.2) is 67.5 Å². The number of fused-ring (bicyclic) bond motifs is 6. The van der Waals surface area contributed by atoms with Crippen LogP contribution in [-0.2, 0) is 31.1 Å². The third-order valence-electron chi connectivity index (χ3n) is 7.89. The molecule has 1 aromatic heterocycles. The first kappa shape index (κ1) is 31.7. The van der Waals surface area contributed by atoms with E-state index in [1.165, 1.54) is 4.26 Å². The molecule has 0 aliphatic carbocycles. The van der Waals surface area contributed by atoms with Crippen LogP contribution < -0.4 is 19.8 Å². The van der Waals surface area contributed by atoms with Gasteiger partial charge in [-0.05, 0) is 0 Å². The van der Waals surface area contributed by atoms with E-state index in [0.29, 0.717) is 26.1 Å². The van der Waals surface area contributed by atoms with Crippen LogP contribution in [0.25, 0.3) is 37.4 Å². The van der Waals surface area contributed by atoms with E-state index in [1.807, 2.05) is 31.3 Å². The van der Waals surface area contributed by atoms with E-state index in [2.05, 4.69) is 74.5 Å². The maximum absolute atomic E-state index is 12.5. The van der Waals surface area contributed by atoms with Crippen LogP contribution in [0.4, 0.5) is 11.4 Å². The minimum absolute atomic E-state index is 0.0865. The number of hydrogen-bond acceptors (Lipinski definition) is 8. The fraction of sp³-hybridized carbons (Fsp3) is 0.281. The van der Waals surface area contributed by atoms with Gasteiger partial charge in [-0.3, -0.25) is 0 Å². The summed E-state index contributed by atoms with van der Waals surface area (Å²) in [4.78, 5) is 4.31. The van der Waals surface area contributed by atoms with Gasteiger partial charge < -0.3 is 0 Å². The SMILES string of the molecule is CCNOS(=O)(=O)CCCN1C(=Cc2[se]c3ccc4ccccc4c3[n+]2CCCS(=O)(=O)O)N(C)c2ccc3ccccc3c21. The molecule has 4 aromatic carbocycles. The molecule has 0 bridgehead atoms. The quantitative estimate of drug-likeness (QED) is 0.0845. The number of nitrogens with one attached hydrogen (secondary N) is 1. The third kappa shape index (κ3) is 6.66. The standard InChI is InChI=1S/C32H34N4O6S2Se/c1-3-33-42-44(40,41)21-9-18-35-29(34(2)27-16-14-23-10-4-6-12-25(23)31(27)35)22-30-36(19-8-20-43(37,38)39)32-26-13-7-5-11-24(26)15-17-28(32)45-30/h4-7,10-17,22,33H,3,8-9,18-21H2,1-2H3/p+1.